The molecule has 2 saturated heterocycles. The first-order valence-electron chi connectivity index (χ1n) is 14.0. The predicted molar refractivity (Wildman–Crippen MR) is 135 cm³/mol. The molecule has 0 aromatic heterocycles. The van der Waals surface area contributed by atoms with Gasteiger partial charge in [-0.25, -0.2) is 0 Å². The van der Waals surface area contributed by atoms with Crippen LogP contribution in [0.1, 0.15) is 66.9 Å². The number of aromatic hydroxyl groups is 1. The summed E-state index contributed by atoms with van der Waals surface area (Å²) in [6, 6.07) is 17.4. The molecular formula is C31H36N2O2. The monoisotopic (exact) mass is 468 g/mol. The molecule has 2 aliphatic heterocycles. The van der Waals surface area contributed by atoms with Crippen LogP contribution in [0, 0.1) is 23.2 Å². The molecule has 7 atom stereocenters. The first kappa shape index (κ1) is 20.8. The summed E-state index contributed by atoms with van der Waals surface area (Å²) in [7, 11) is 0. The summed E-state index contributed by atoms with van der Waals surface area (Å²) >= 11 is 0. The molecule has 3 saturated carbocycles. The smallest absolute Gasteiger partial charge is 0.254 e. The summed E-state index contributed by atoms with van der Waals surface area (Å²) in [5.74, 6) is 2.60. The molecule has 8 rings (SSSR count). The van der Waals surface area contributed by atoms with Gasteiger partial charge in [-0.05, 0) is 117 Å². The molecular weight excluding hydrogens is 432 g/mol. The zero-order valence-corrected chi connectivity index (χ0v) is 20.7. The minimum absolute atomic E-state index is 0.0948. The number of phenols is 1. The van der Waals surface area contributed by atoms with Crippen LogP contribution in [-0.2, 0) is 11.8 Å². The number of hydrogen-bond acceptors (Lipinski definition) is 3. The van der Waals surface area contributed by atoms with E-state index in [1.807, 2.05) is 36.4 Å². The third kappa shape index (κ3) is 2.50. The fraction of sp³-hybridized carbons (Fsp3) is 0.581. The number of amides is 1. The number of phenolic OH excluding ortho intramolecular Hbond substituents is 1. The maximum absolute atomic E-state index is 13.9. The number of benzene rings is 2. The quantitative estimate of drug-likeness (QED) is 0.690. The highest BCUT2D eigenvalue weighted by molar-refractivity contribution is 5.95. The highest BCUT2D eigenvalue weighted by Gasteiger charge is 2.77. The van der Waals surface area contributed by atoms with E-state index in [0.717, 1.165) is 24.3 Å². The number of likely N-dealkylation sites (tertiary alicyclic amines) is 2. The van der Waals surface area contributed by atoms with E-state index in [1.165, 1.54) is 56.3 Å². The molecule has 4 heteroatoms. The molecule has 5 fully saturated rings. The molecule has 4 bridgehead atoms. The van der Waals surface area contributed by atoms with Crippen molar-refractivity contribution in [2.45, 2.75) is 75.4 Å². The van der Waals surface area contributed by atoms with Gasteiger partial charge in [0, 0.05) is 35.6 Å². The van der Waals surface area contributed by atoms with E-state index in [1.54, 1.807) is 0 Å². The standard InChI is InChI=1S/C31H36N2O2/c1-19-24-17-30-12-11-26(33(19)29(35)21-5-3-2-4-6-21)28(24)31(30)13-14-32(18-20-7-8-20)27(30)15-22-9-10-23(34)16-25(22)31/h2-6,9-10,16,19-20,24,26-28,34H,7-8,11-15,17-18H2,1H3/t19-,24-,26-,27-,28-,30-,31-/m1/s1. The normalized spacial score (nSPS) is 40.9. The summed E-state index contributed by atoms with van der Waals surface area (Å²) in [5.41, 5.74) is 4.12. The van der Waals surface area contributed by atoms with Crippen LogP contribution in [0.4, 0.5) is 0 Å². The first-order chi connectivity index (χ1) is 17.0. The summed E-state index contributed by atoms with van der Waals surface area (Å²) in [4.78, 5) is 19.1. The molecule has 2 aromatic rings. The predicted octanol–water partition coefficient (Wildman–Crippen LogP) is 5.00. The lowest BCUT2D eigenvalue weighted by atomic mass is 9.43. The highest BCUT2D eigenvalue weighted by atomic mass is 16.3. The van der Waals surface area contributed by atoms with Gasteiger partial charge in [0.15, 0.2) is 0 Å². The average Bonchev–Trinajstić information content (AvgIpc) is 3.60. The third-order valence-electron chi connectivity index (χ3n) is 11.5. The Morgan fingerprint density at radius 1 is 1.09 bits per heavy atom. The second-order valence-electron chi connectivity index (χ2n) is 12.7. The van der Waals surface area contributed by atoms with Crippen LogP contribution in [0.15, 0.2) is 48.5 Å². The Labute approximate surface area is 208 Å². The molecule has 1 amide bonds. The second-order valence-corrected chi connectivity index (χ2v) is 12.7. The van der Waals surface area contributed by atoms with Crippen molar-refractivity contribution in [2.24, 2.45) is 23.2 Å². The van der Waals surface area contributed by atoms with Crippen molar-refractivity contribution < 1.29 is 9.90 Å². The maximum Gasteiger partial charge on any atom is 0.254 e. The van der Waals surface area contributed by atoms with Crippen LogP contribution in [0.25, 0.3) is 0 Å². The largest absolute Gasteiger partial charge is 0.508 e. The minimum atomic E-state index is 0.0948. The van der Waals surface area contributed by atoms with Crippen molar-refractivity contribution in [3.63, 3.8) is 0 Å². The van der Waals surface area contributed by atoms with Gasteiger partial charge in [0.1, 0.15) is 5.75 Å². The molecule has 2 aromatic carbocycles. The van der Waals surface area contributed by atoms with Gasteiger partial charge in [-0.1, -0.05) is 24.3 Å². The lowest BCUT2D eigenvalue weighted by molar-refractivity contribution is -0.103. The molecule has 35 heavy (non-hydrogen) atoms. The summed E-state index contributed by atoms with van der Waals surface area (Å²) in [6.07, 6.45) is 8.73. The van der Waals surface area contributed by atoms with E-state index >= 15 is 0 Å². The number of hydrogen-bond donors (Lipinski definition) is 1. The number of carbonyl (C=O) groups is 1. The van der Waals surface area contributed by atoms with Gasteiger partial charge < -0.3 is 10.0 Å². The Kier molecular flexibility index (Phi) is 4.11. The van der Waals surface area contributed by atoms with Gasteiger partial charge in [-0.15, -0.1) is 0 Å². The number of carbonyl (C=O) groups excluding carboxylic acids is 1. The van der Waals surface area contributed by atoms with Gasteiger partial charge >= 0.3 is 0 Å². The van der Waals surface area contributed by atoms with Crippen molar-refractivity contribution in [1.82, 2.24) is 9.80 Å². The van der Waals surface area contributed by atoms with Crippen molar-refractivity contribution in [2.75, 3.05) is 13.1 Å². The molecule has 4 aliphatic carbocycles. The molecule has 2 heterocycles. The molecule has 0 unspecified atom stereocenters. The number of fused-ring (bicyclic) bond motifs is 1. The van der Waals surface area contributed by atoms with Gasteiger partial charge in [0.05, 0.1) is 0 Å². The zero-order chi connectivity index (χ0) is 23.5. The topological polar surface area (TPSA) is 43.8 Å². The minimum Gasteiger partial charge on any atom is -0.508 e. The summed E-state index contributed by atoms with van der Waals surface area (Å²) in [6.45, 7) is 4.79. The van der Waals surface area contributed by atoms with Gasteiger partial charge in [0.2, 0.25) is 0 Å². The molecule has 1 N–H and O–H groups in total. The van der Waals surface area contributed by atoms with E-state index in [0.29, 0.717) is 35.1 Å². The van der Waals surface area contributed by atoms with Crippen LogP contribution < -0.4 is 0 Å². The number of rotatable bonds is 3. The van der Waals surface area contributed by atoms with Crippen molar-refractivity contribution in [3.8, 4) is 5.75 Å². The third-order valence-corrected chi connectivity index (χ3v) is 11.5. The van der Waals surface area contributed by atoms with Gasteiger partial charge in [0.25, 0.3) is 5.91 Å². The van der Waals surface area contributed by atoms with Crippen LogP contribution in [-0.4, -0.2) is 52.0 Å². The summed E-state index contributed by atoms with van der Waals surface area (Å²) in [5, 5.41) is 10.7. The molecule has 4 nitrogen and oxygen atoms in total. The van der Waals surface area contributed by atoms with E-state index in [9.17, 15) is 9.90 Å². The van der Waals surface area contributed by atoms with E-state index in [4.69, 9.17) is 0 Å². The van der Waals surface area contributed by atoms with Crippen molar-refractivity contribution >= 4 is 5.91 Å². The van der Waals surface area contributed by atoms with Crippen LogP contribution in [0.3, 0.4) is 0 Å². The highest BCUT2D eigenvalue weighted by Crippen LogP contribution is 2.76. The van der Waals surface area contributed by atoms with Crippen LogP contribution in [0.5, 0.6) is 5.75 Å². The number of nitrogens with zero attached hydrogens (tertiary/aromatic N) is 2. The van der Waals surface area contributed by atoms with E-state index in [2.05, 4.69) is 28.9 Å². The molecule has 0 radical (unpaired) electrons. The molecule has 182 valence electrons. The van der Waals surface area contributed by atoms with Crippen LogP contribution >= 0.6 is 0 Å². The Bertz CT molecular complexity index is 1210. The Morgan fingerprint density at radius 2 is 1.91 bits per heavy atom. The van der Waals surface area contributed by atoms with Crippen molar-refractivity contribution in [3.05, 3.63) is 65.2 Å². The van der Waals surface area contributed by atoms with Crippen LogP contribution in [0.2, 0.25) is 0 Å². The Hall–Kier alpha value is -2.33. The van der Waals surface area contributed by atoms with Gasteiger partial charge in [-0.2, -0.15) is 0 Å². The van der Waals surface area contributed by atoms with E-state index < -0.39 is 0 Å². The Balaban J connectivity index is 1.27. The first-order valence-corrected chi connectivity index (χ1v) is 14.0. The number of piperidine rings is 1. The van der Waals surface area contributed by atoms with Crippen molar-refractivity contribution in [1.29, 1.82) is 0 Å². The molecule has 6 aliphatic rings. The average molecular weight is 469 g/mol. The zero-order valence-electron chi connectivity index (χ0n) is 20.7. The fourth-order valence-corrected chi connectivity index (χ4v) is 10.3. The molecule has 0 spiro atoms. The van der Waals surface area contributed by atoms with E-state index in [-0.39, 0.29) is 17.4 Å². The SMILES string of the molecule is C[C@@H]1[C@H]2C[C@@]34CC[C@H]([C@@H]2[C@]32CCN(CC3CC3)[C@@H]4Cc3ccc(O)cc32)N1C(=O)c1ccccc1. The fourth-order valence-electron chi connectivity index (χ4n) is 10.3. The second kappa shape index (κ2) is 6.91. The summed E-state index contributed by atoms with van der Waals surface area (Å²) < 4.78 is 0. The lowest BCUT2D eigenvalue weighted by Gasteiger charge is -2.66. The Morgan fingerprint density at radius 3 is 2.71 bits per heavy atom. The lowest BCUT2D eigenvalue weighted by Crippen LogP contribution is -2.70. The van der Waals surface area contributed by atoms with Gasteiger partial charge in [-0.3, -0.25) is 9.69 Å². The maximum atomic E-state index is 13.9.